The van der Waals surface area contributed by atoms with Gasteiger partial charge in [-0.2, -0.15) is 5.26 Å². The summed E-state index contributed by atoms with van der Waals surface area (Å²) in [5, 5.41) is 13.5. The highest BCUT2D eigenvalue weighted by Gasteiger charge is 2.32. The van der Waals surface area contributed by atoms with Crippen molar-refractivity contribution in [1.82, 2.24) is 14.8 Å². The van der Waals surface area contributed by atoms with E-state index in [9.17, 15) is 10.1 Å². The third-order valence-electron chi connectivity index (χ3n) is 8.34. The molecule has 0 spiro atoms. The molecule has 7 nitrogen and oxygen atoms in total. The highest BCUT2D eigenvalue weighted by Crippen LogP contribution is 2.31. The number of aromatic nitrogens is 1. The minimum absolute atomic E-state index is 0.0661. The Morgan fingerprint density at radius 2 is 1.78 bits per heavy atom. The quantitative estimate of drug-likeness (QED) is 0.288. The molecular formula is C34H35N5O2. The zero-order chi connectivity index (χ0) is 28.2. The SMILES string of the molecule is COc1ccccc1CNc1cc(C(=O)N2CCC[C@H]2CN2CCCC2)c2cc(-c3ccc(C#N)cc3)ccc2n1. The summed E-state index contributed by atoms with van der Waals surface area (Å²) in [6.45, 7) is 4.51. The first kappa shape index (κ1) is 26.8. The fraction of sp³-hybridized carbons (Fsp3) is 0.324. The number of hydrogen-bond donors (Lipinski definition) is 1. The van der Waals surface area contributed by atoms with Gasteiger partial charge in [0, 0.05) is 36.6 Å². The number of carbonyl (C=O) groups is 1. The smallest absolute Gasteiger partial charge is 0.254 e. The Bertz CT molecular complexity index is 1590. The molecule has 1 aromatic heterocycles. The maximum Gasteiger partial charge on any atom is 0.254 e. The van der Waals surface area contributed by atoms with Crippen LogP contribution in [0.15, 0.2) is 72.8 Å². The van der Waals surface area contributed by atoms with Gasteiger partial charge in [0.15, 0.2) is 0 Å². The first-order valence-corrected chi connectivity index (χ1v) is 14.5. The Kier molecular flexibility index (Phi) is 7.84. The van der Waals surface area contributed by atoms with Crippen molar-refractivity contribution >= 4 is 22.6 Å². The molecule has 4 aromatic rings. The molecule has 7 heteroatoms. The summed E-state index contributed by atoms with van der Waals surface area (Å²) in [7, 11) is 1.67. The average Bonchev–Trinajstić information content (AvgIpc) is 3.72. The van der Waals surface area contributed by atoms with Crippen molar-refractivity contribution in [2.24, 2.45) is 0 Å². The molecule has 0 aliphatic carbocycles. The number of rotatable bonds is 8. The van der Waals surface area contributed by atoms with Crippen LogP contribution in [0.25, 0.3) is 22.0 Å². The van der Waals surface area contributed by atoms with Crippen LogP contribution in [0.3, 0.4) is 0 Å². The first-order valence-electron chi connectivity index (χ1n) is 14.5. The lowest BCUT2D eigenvalue weighted by Crippen LogP contribution is -2.42. The largest absolute Gasteiger partial charge is 0.496 e. The second-order valence-electron chi connectivity index (χ2n) is 10.9. The molecule has 0 saturated carbocycles. The lowest BCUT2D eigenvalue weighted by molar-refractivity contribution is 0.0710. The Balaban J connectivity index is 1.36. The zero-order valence-electron chi connectivity index (χ0n) is 23.5. The Morgan fingerprint density at radius 1 is 1.00 bits per heavy atom. The molecule has 208 valence electrons. The van der Waals surface area contributed by atoms with Gasteiger partial charge in [-0.1, -0.05) is 36.4 Å². The lowest BCUT2D eigenvalue weighted by Gasteiger charge is -2.29. The Hall–Kier alpha value is -4.41. The number of para-hydroxylation sites is 1. The van der Waals surface area contributed by atoms with Gasteiger partial charge in [-0.05, 0) is 86.3 Å². The molecule has 1 atom stereocenters. The van der Waals surface area contributed by atoms with E-state index >= 15 is 0 Å². The van der Waals surface area contributed by atoms with Crippen LogP contribution in [0.2, 0.25) is 0 Å². The fourth-order valence-corrected chi connectivity index (χ4v) is 6.16. The zero-order valence-corrected chi connectivity index (χ0v) is 23.5. The Morgan fingerprint density at radius 3 is 2.56 bits per heavy atom. The first-order chi connectivity index (χ1) is 20.1. The van der Waals surface area contributed by atoms with Crippen molar-refractivity contribution in [1.29, 1.82) is 5.26 Å². The molecule has 2 fully saturated rings. The number of nitriles is 1. The third-order valence-corrected chi connectivity index (χ3v) is 8.34. The van der Waals surface area contributed by atoms with Crippen LogP contribution in [-0.2, 0) is 6.54 Å². The van der Waals surface area contributed by atoms with Crippen LogP contribution < -0.4 is 10.1 Å². The van der Waals surface area contributed by atoms with Crippen molar-refractivity contribution in [2.45, 2.75) is 38.3 Å². The standard InChI is InChI=1S/C34H35N5O2/c1-41-32-9-3-2-7-27(32)22-36-33-20-30(34(40)39-18-6-8-28(39)23-38-16-4-5-17-38)29-19-26(14-15-31(29)37-33)25-12-10-24(21-35)11-13-25/h2-3,7,9-15,19-20,28H,4-6,8,16-18,22-23H2,1H3,(H,36,37)/t28-/m0/s1. The van der Waals surface area contributed by atoms with E-state index in [2.05, 4.69) is 27.3 Å². The summed E-state index contributed by atoms with van der Waals surface area (Å²) in [4.78, 5) is 23.8. The number of nitrogens with one attached hydrogen (secondary N) is 1. The second-order valence-corrected chi connectivity index (χ2v) is 10.9. The number of carbonyl (C=O) groups excluding carboxylic acids is 1. The molecule has 2 aliphatic rings. The predicted octanol–water partition coefficient (Wildman–Crippen LogP) is 6.09. The average molecular weight is 546 g/mol. The molecule has 0 bridgehead atoms. The van der Waals surface area contributed by atoms with Gasteiger partial charge in [0.05, 0.1) is 29.8 Å². The monoisotopic (exact) mass is 545 g/mol. The van der Waals surface area contributed by atoms with E-state index in [0.717, 1.165) is 72.4 Å². The van der Waals surface area contributed by atoms with Gasteiger partial charge >= 0.3 is 0 Å². The number of methoxy groups -OCH3 is 1. The van der Waals surface area contributed by atoms with Gasteiger partial charge in [-0.25, -0.2) is 4.98 Å². The van der Waals surface area contributed by atoms with E-state index < -0.39 is 0 Å². The minimum atomic E-state index is 0.0661. The van der Waals surface area contributed by atoms with E-state index in [-0.39, 0.29) is 11.9 Å². The summed E-state index contributed by atoms with van der Waals surface area (Å²) in [5.74, 6) is 1.54. The highest BCUT2D eigenvalue weighted by molar-refractivity contribution is 6.08. The van der Waals surface area contributed by atoms with Gasteiger partial charge in [-0.3, -0.25) is 4.79 Å². The normalized spacial score (nSPS) is 17.1. The number of fused-ring (bicyclic) bond motifs is 1. The van der Waals surface area contributed by atoms with E-state index in [1.165, 1.54) is 12.8 Å². The van der Waals surface area contributed by atoms with Crippen LogP contribution in [0.5, 0.6) is 5.75 Å². The summed E-state index contributed by atoms with van der Waals surface area (Å²) in [6.07, 6.45) is 4.56. The van der Waals surface area contributed by atoms with Crippen LogP contribution in [0, 0.1) is 11.3 Å². The predicted molar refractivity (Wildman–Crippen MR) is 162 cm³/mol. The van der Waals surface area contributed by atoms with Gasteiger partial charge in [0.25, 0.3) is 5.91 Å². The van der Waals surface area contributed by atoms with Crippen LogP contribution >= 0.6 is 0 Å². The van der Waals surface area contributed by atoms with E-state index in [4.69, 9.17) is 9.72 Å². The van der Waals surface area contributed by atoms with E-state index in [1.807, 2.05) is 66.7 Å². The van der Waals surface area contributed by atoms with Crippen LogP contribution in [-0.4, -0.2) is 60.0 Å². The summed E-state index contributed by atoms with van der Waals surface area (Å²) >= 11 is 0. The number of ether oxygens (including phenoxy) is 1. The number of anilines is 1. The van der Waals surface area contributed by atoms with E-state index in [1.54, 1.807) is 7.11 Å². The number of amides is 1. The molecular weight excluding hydrogens is 510 g/mol. The van der Waals surface area contributed by atoms with Gasteiger partial charge in [0.2, 0.25) is 0 Å². The van der Waals surface area contributed by atoms with Gasteiger partial charge in [0.1, 0.15) is 11.6 Å². The number of benzene rings is 3. The molecule has 6 rings (SSSR count). The molecule has 41 heavy (non-hydrogen) atoms. The third kappa shape index (κ3) is 5.75. The Labute approximate surface area is 241 Å². The molecule has 2 aliphatic heterocycles. The molecule has 3 aromatic carbocycles. The lowest BCUT2D eigenvalue weighted by atomic mass is 9.99. The fourth-order valence-electron chi connectivity index (χ4n) is 6.16. The molecule has 0 radical (unpaired) electrons. The van der Waals surface area contributed by atoms with Gasteiger partial charge < -0.3 is 19.9 Å². The van der Waals surface area contributed by atoms with Crippen molar-refractivity contribution in [2.75, 3.05) is 38.6 Å². The van der Waals surface area contributed by atoms with Gasteiger partial charge in [-0.15, -0.1) is 0 Å². The molecule has 1 N–H and O–H groups in total. The number of likely N-dealkylation sites (tertiary alicyclic amines) is 2. The molecule has 2 saturated heterocycles. The number of hydrogen-bond acceptors (Lipinski definition) is 6. The van der Waals surface area contributed by atoms with Crippen molar-refractivity contribution in [3.05, 3.63) is 89.5 Å². The topological polar surface area (TPSA) is 81.5 Å². The van der Waals surface area contributed by atoms with Crippen molar-refractivity contribution < 1.29 is 9.53 Å². The summed E-state index contributed by atoms with van der Waals surface area (Å²) < 4.78 is 5.53. The number of nitrogens with zero attached hydrogens (tertiary/aromatic N) is 4. The maximum atomic E-state index is 14.3. The van der Waals surface area contributed by atoms with Crippen LogP contribution in [0.1, 0.15) is 47.2 Å². The summed E-state index contributed by atoms with van der Waals surface area (Å²) in [5.41, 5.74) is 5.06. The van der Waals surface area contributed by atoms with Crippen molar-refractivity contribution in [3.8, 4) is 22.9 Å². The molecule has 1 amide bonds. The minimum Gasteiger partial charge on any atom is -0.496 e. The van der Waals surface area contributed by atoms with E-state index in [0.29, 0.717) is 23.5 Å². The summed E-state index contributed by atoms with van der Waals surface area (Å²) in [6, 6.07) is 25.8. The maximum absolute atomic E-state index is 14.3. The molecule has 3 heterocycles. The second kappa shape index (κ2) is 12.0. The van der Waals surface area contributed by atoms with Crippen LogP contribution in [0.4, 0.5) is 5.82 Å². The number of pyridine rings is 1. The highest BCUT2D eigenvalue weighted by atomic mass is 16.5. The molecule has 0 unspecified atom stereocenters. The van der Waals surface area contributed by atoms with Crippen molar-refractivity contribution in [3.63, 3.8) is 0 Å².